The van der Waals surface area contributed by atoms with Crippen LogP contribution in [-0.4, -0.2) is 50.7 Å². The third kappa shape index (κ3) is 4.66. The van der Waals surface area contributed by atoms with E-state index in [0.717, 1.165) is 19.0 Å². The Bertz CT molecular complexity index is 1470. The highest BCUT2D eigenvalue weighted by Crippen LogP contribution is 2.34. The average molecular weight is 510 g/mol. The number of nitrogens with one attached hydrogen (secondary N) is 1. The molecule has 36 heavy (non-hydrogen) atoms. The molecule has 0 atom stereocenters. The van der Waals surface area contributed by atoms with E-state index in [2.05, 4.69) is 15.3 Å². The van der Waals surface area contributed by atoms with Crippen molar-refractivity contribution < 1.29 is 18.4 Å². The second-order valence-electron chi connectivity index (χ2n) is 8.53. The fourth-order valence-electron chi connectivity index (χ4n) is 4.37. The van der Waals surface area contributed by atoms with Crippen LogP contribution < -0.4 is 5.32 Å². The molecular formula is C26H22ClF2N5O2. The summed E-state index contributed by atoms with van der Waals surface area (Å²) in [6, 6.07) is 8.95. The Morgan fingerprint density at radius 2 is 1.97 bits per heavy atom. The van der Waals surface area contributed by atoms with Gasteiger partial charge in [0.25, 0.3) is 5.91 Å². The standard InChI is InChI=1S/C26H22ClF2N5O2/c27-19-12-18(20(28)13-21(19)29)25-17(4-1-8-30-25)16-6-7-23-32-14-22(34(23)15-16)26(36)31-9-3-11-33-10-2-5-24(33)35/h1,4,6-8,12-15H,2-3,5,9-11H2,(H,31,36). The minimum atomic E-state index is -0.849. The van der Waals surface area contributed by atoms with Crippen LogP contribution in [0.5, 0.6) is 0 Å². The summed E-state index contributed by atoms with van der Waals surface area (Å²) in [7, 11) is 0. The highest BCUT2D eigenvalue weighted by molar-refractivity contribution is 6.31. The van der Waals surface area contributed by atoms with E-state index >= 15 is 0 Å². The van der Waals surface area contributed by atoms with Gasteiger partial charge in [-0.25, -0.2) is 13.8 Å². The third-order valence-electron chi connectivity index (χ3n) is 6.18. The molecule has 0 radical (unpaired) electrons. The van der Waals surface area contributed by atoms with Crippen LogP contribution in [0.4, 0.5) is 8.78 Å². The lowest BCUT2D eigenvalue weighted by Gasteiger charge is -2.15. The Morgan fingerprint density at radius 1 is 1.11 bits per heavy atom. The average Bonchev–Trinajstić information content (AvgIpc) is 3.49. The number of amides is 2. The van der Waals surface area contributed by atoms with Gasteiger partial charge in [-0.1, -0.05) is 17.7 Å². The van der Waals surface area contributed by atoms with Crippen LogP contribution in [0.15, 0.2) is 55.0 Å². The zero-order valence-corrected chi connectivity index (χ0v) is 19.9. The van der Waals surface area contributed by atoms with Crippen molar-refractivity contribution in [3.8, 4) is 22.4 Å². The molecule has 1 fully saturated rings. The van der Waals surface area contributed by atoms with Gasteiger partial charge in [-0.05, 0) is 37.1 Å². The predicted octanol–water partition coefficient (Wildman–Crippen LogP) is 4.74. The molecule has 1 N–H and O–H groups in total. The van der Waals surface area contributed by atoms with Crippen LogP contribution >= 0.6 is 11.6 Å². The number of hydrogen-bond donors (Lipinski definition) is 1. The molecule has 0 aliphatic carbocycles. The van der Waals surface area contributed by atoms with E-state index in [1.807, 2.05) is 4.90 Å². The van der Waals surface area contributed by atoms with E-state index in [1.165, 1.54) is 18.5 Å². The molecule has 5 rings (SSSR count). The molecular weight excluding hydrogens is 488 g/mol. The van der Waals surface area contributed by atoms with E-state index < -0.39 is 11.6 Å². The second-order valence-corrected chi connectivity index (χ2v) is 8.94. The van der Waals surface area contributed by atoms with Crippen molar-refractivity contribution in [1.82, 2.24) is 24.6 Å². The Morgan fingerprint density at radius 3 is 2.78 bits per heavy atom. The molecule has 10 heteroatoms. The molecule has 4 heterocycles. The Hall–Kier alpha value is -3.85. The lowest BCUT2D eigenvalue weighted by molar-refractivity contribution is -0.127. The number of nitrogens with zero attached hydrogens (tertiary/aromatic N) is 4. The fraction of sp³-hybridized carbons (Fsp3) is 0.231. The summed E-state index contributed by atoms with van der Waals surface area (Å²) >= 11 is 5.90. The Kier molecular flexibility index (Phi) is 6.65. The fourth-order valence-corrected chi connectivity index (χ4v) is 4.53. The predicted molar refractivity (Wildman–Crippen MR) is 132 cm³/mol. The van der Waals surface area contributed by atoms with Gasteiger partial charge in [-0.2, -0.15) is 0 Å². The van der Waals surface area contributed by atoms with Crippen molar-refractivity contribution in [3.63, 3.8) is 0 Å². The summed E-state index contributed by atoms with van der Waals surface area (Å²) in [5.74, 6) is -1.77. The lowest BCUT2D eigenvalue weighted by Crippen LogP contribution is -2.31. The number of carbonyl (C=O) groups excluding carboxylic acids is 2. The number of benzene rings is 1. The van der Waals surface area contributed by atoms with Gasteiger partial charge in [0, 0.05) is 61.2 Å². The van der Waals surface area contributed by atoms with Gasteiger partial charge in [0.1, 0.15) is 23.0 Å². The van der Waals surface area contributed by atoms with Crippen molar-refractivity contribution in [2.24, 2.45) is 0 Å². The van der Waals surface area contributed by atoms with Crippen LogP contribution in [-0.2, 0) is 4.79 Å². The van der Waals surface area contributed by atoms with Crippen LogP contribution in [0, 0.1) is 11.6 Å². The van der Waals surface area contributed by atoms with Crippen molar-refractivity contribution in [3.05, 3.63) is 77.3 Å². The first-order valence-electron chi connectivity index (χ1n) is 11.6. The largest absolute Gasteiger partial charge is 0.351 e. The third-order valence-corrected chi connectivity index (χ3v) is 6.47. The highest BCUT2D eigenvalue weighted by Gasteiger charge is 2.20. The molecule has 0 spiro atoms. The van der Waals surface area contributed by atoms with E-state index in [1.54, 1.807) is 34.9 Å². The van der Waals surface area contributed by atoms with Gasteiger partial charge in [-0.15, -0.1) is 0 Å². The molecule has 1 aliphatic heterocycles. The van der Waals surface area contributed by atoms with Crippen LogP contribution in [0.1, 0.15) is 29.8 Å². The Labute approximate surface area is 210 Å². The molecule has 0 unspecified atom stereocenters. The number of likely N-dealkylation sites (tertiary alicyclic amines) is 1. The second kappa shape index (κ2) is 10.0. The van der Waals surface area contributed by atoms with Crippen molar-refractivity contribution >= 4 is 29.1 Å². The topological polar surface area (TPSA) is 79.6 Å². The highest BCUT2D eigenvalue weighted by atomic mass is 35.5. The summed E-state index contributed by atoms with van der Waals surface area (Å²) in [6.45, 7) is 1.81. The van der Waals surface area contributed by atoms with Crippen LogP contribution in [0.3, 0.4) is 0 Å². The molecule has 1 aliphatic rings. The van der Waals surface area contributed by atoms with E-state index in [0.29, 0.717) is 54.1 Å². The lowest BCUT2D eigenvalue weighted by atomic mass is 10.00. The van der Waals surface area contributed by atoms with E-state index in [-0.39, 0.29) is 22.4 Å². The summed E-state index contributed by atoms with van der Waals surface area (Å²) in [5, 5.41) is 2.67. The monoisotopic (exact) mass is 509 g/mol. The number of halogens is 3. The number of imidazole rings is 1. The first-order valence-corrected chi connectivity index (χ1v) is 11.9. The molecule has 0 bridgehead atoms. The van der Waals surface area contributed by atoms with Gasteiger partial charge in [0.15, 0.2) is 0 Å². The maximum atomic E-state index is 14.6. The SMILES string of the molecule is O=C(NCCCN1CCCC1=O)c1cnc2ccc(-c3cccnc3-c3cc(Cl)c(F)cc3F)cn12. The minimum Gasteiger partial charge on any atom is -0.351 e. The molecule has 3 aromatic heterocycles. The van der Waals surface area contributed by atoms with Crippen molar-refractivity contribution in [1.29, 1.82) is 0 Å². The number of aromatic nitrogens is 3. The summed E-state index contributed by atoms with van der Waals surface area (Å²) in [5.41, 5.74) is 2.50. The first kappa shape index (κ1) is 23.9. The molecule has 0 saturated carbocycles. The Balaban J connectivity index is 1.40. The van der Waals surface area contributed by atoms with Crippen molar-refractivity contribution in [2.75, 3.05) is 19.6 Å². The van der Waals surface area contributed by atoms with Gasteiger partial charge >= 0.3 is 0 Å². The molecule has 1 saturated heterocycles. The summed E-state index contributed by atoms with van der Waals surface area (Å²) < 4.78 is 30.0. The van der Waals surface area contributed by atoms with Crippen molar-refractivity contribution in [2.45, 2.75) is 19.3 Å². The zero-order chi connectivity index (χ0) is 25.2. The van der Waals surface area contributed by atoms with Crippen LogP contribution in [0.2, 0.25) is 5.02 Å². The molecule has 1 aromatic carbocycles. The molecule has 184 valence electrons. The molecule has 2 amide bonds. The number of carbonyl (C=O) groups is 2. The van der Waals surface area contributed by atoms with E-state index in [9.17, 15) is 18.4 Å². The quantitative estimate of drug-likeness (QED) is 0.288. The van der Waals surface area contributed by atoms with Gasteiger partial charge in [0.2, 0.25) is 5.91 Å². The normalized spacial score (nSPS) is 13.5. The summed E-state index contributed by atoms with van der Waals surface area (Å²) in [4.78, 5) is 35.0. The number of pyridine rings is 2. The number of rotatable bonds is 7. The first-order chi connectivity index (χ1) is 17.4. The van der Waals surface area contributed by atoms with Gasteiger partial charge in [-0.3, -0.25) is 19.0 Å². The number of hydrogen-bond acceptors (Lipinski definition) is 4. The number of fused-ring (bicyclic) bond motifs is 1. The van der Waals surface area contributed by atoms with E-state index in [4.69, 9.17) is 11.6 Å². The zero-order valence-electron chi connectivity index (χ0n) is 19.2. The maximum absolute atomic E-state index is 14.6. The minimum absolute atomic E-state index is 0.0668. The van der Waals surface area contributed by atoms with Gasteiger partial charge in [0.05, 0.1) is 16.9 Å². The summed E-state index contributed by atoms with van der Waals surface area (Å²) in [6.07, 6.45) is 6.86. The molecule has 4 aromatic rings. The van der Waals surface area contributed by atoms with Gasteiger partial charge < -0.3 is 10.2 Å². The molecule has 7 nitrogen and oxygen atoms in total. The smallest absolute Gasteiger partial charge is 0.269 e. The van der Waals surface area contributed by atoms with Crippen LogP contribution in [0.25, 0.3) is 28.0 Å². The maximum Gasteiger partial charge on any atom is 0.269 e.